The summed E-state index contributed by atoms with van der Waals surface area (Å²) >= 11 is 2.23. The fourth-order valence-corrected chi connectivity index (χ4v) is 5.71. The molecule has 0 radical (unpaired) electrons. The minimum atomic E-state index is -1.55. The van der Waals surface area contributed by atoms with Gasteiger partial charge in [0.2, 0.25) is 5.89 Å². The number of aromatic nitrogens is 2. The Kier molecular flexibility index (Phi) is 11.5. The van der Waals surface area contributed by atoms with Gasteiger partial charge in [-0.1, -0.05) is 42.1 Å². The number of amides is 2. The fraction of sp³-hybridized carbons (Fsp3) is 0.300. The Labute approximate surface area is 257 Å². The first-order valence-corrected chi connectivity index (χ1v) is 11.9. The maximum Gasteiger partial charge on any atom is 1.00 e. The molecule has 12 nitrogen and oxygen atoms in total. The number of hydrogen-bond acceptors (Lipinski definition) is 12. The minimum Gasteiger partial charge on any atom is -0.550 e. The van der Waals surface area contributed by atoms with Crippen molar-refractivity contribution in [1.82, 2.24) is 20.4 Å². The average Bonchev–Trinajstić information content (AvgIpc) is 3.26. The second-order valence-electron chi connectivity index (χ2n) is 7.25. The third kappa shape index (κ3) is 6.74. The van der Waals surface area contributed by atoms with Gasteiger partial charge in [0.05, 0.1) is 24.1 Å². The van der Waals surface area contributed by atoms with E-state index in [1.807, 2.05) is 0 Å². The number of carboxylic acids is 2. The summed E-state index contributed by atoms with van der Waals surface area (Å²) < 4.78 is 5.16. The number of carboxylic acid groups (broad SMARTS) is 2. The van der Waals surface area contributed by atoms with E-state index in [2.05, 4.69) is 15.5 Å². The van der Waals surface area contributed by atoms with E-state index in [0.717, 1.165) is 16.7 Å². The van der Waals surface area contributed by atoms with Crippen LogP contribution in [0.15, 0.2) is 51.2 Å². The van der Waals surface area contributed by atoms with Gasteiger partial charge in [-0.05, 0) is 11.1 Å². The molecule has 3 atom stereocenters. The van der Waals surface area contributed by atoms with Crippen molar-refractivity contribution in [2.45, 2.75) is 29.2 Å². The molecule has 2 aliphatic heterocycles. The number of aliphatic hydroxyl groups is 1. The molecule has 2 N–H and O–H groups in total. The number of thioether (sulfide) groups is 2. The number of carbonyl (C=O) groups is 4. The molecule has 1 saturated heterocycles. The van der Waals surface area contributed by atoms with E-state index >= 15 is 0 Å². The van der Waals surface area contributed by atoms with Crippen LogP contribution in [0.25, 0.3) is 0 Å². The van der Waals surface area contributed by atoms with Crippen LogP contribution in [-0.4, -0.2) is 66.9 Å². The monoisotopic (exact) mass is 550 g/mol. The average molecular weight is 550 g/mol. The Morgan fingerprint density at radius 3 is 2.56 bits per heavy atom. The van der Waals surface area contributed by atoms with Crippen LogP contribution in [-0.2, 0) is 25.6 Å². The molecular formula is C20H16N4Na2O8S2. The van der Waals surface area contributed by atoms with Gasteiger partial charge in [0, 0.05) is 11.5 Å². The summed E-state index contributed by atoms with van der Waals surface area (Å²) in [6.07, 6.45) is -2.03. The second-order valence-corrected chi connectivity index (χ2v) is 9.28. The molecule has 4 rings (SSSR count). The summed E-state index contributed by atoms with van der Waals surface area (Å²) in [5, 5.41) is 41.8. The van der Waals surface area contributed by atoms with Gasteiger partial charge >= 0.3 is 59.1 Å². The topological polar surface area (TPSA) is 189 Å². The summed E-state index contributed by atoms with van der Waals surface area (Å²) in [5.74, 6) is -4.20. The molecule has 2 aromatic rings. The van der Waals surface area contributed by atoms with Crippen LogP contribution in [0, 0.1) is 0 Å². The summed E-state index contributed by atoms with van der Waals surface area (Å²) in [6, 6.07) is 7.19. The largest absolute Gasteiger partial charge is 1.00 e. The van der Waals surface area contributed by atoms with E-state index in [1.54, 1.807) is 30.3 Å². The van der Waals surface area contributed by atoms with Gasteiger partial charge in [-0.15, -0.1) is 22.0 Å². The van der Waals surface area contributed by atoms with Crippen LogP contribution in [0.5, 0.6) is 0 Å². The maximum absolute atomic E-state index is 12.7. The van der Waals surface area contributed by atoms with Crippen molar-refractivity contribution >= 4 is 47.3 Å². The van der Waals surface area contributed by atoms with Crippen molar-refractivity contribution in [3.05, 3.63) is 53.1 Å². The Morgan fingerprint density at radius 2 is 1.92 bits per heavy atom. The molecule has 3 heterocycles. The first-order chi connectivity index (χ1) is 16.3. The smallest absolute Gasteiger partial charge is 0.550 e. The molecule has 1 aromatic carbocycles. The summed E-state index contributed by atoms with van der Waals surface area (Å²) in [5.41, 5.74) is 0.427. The van der Waals surface area contributed by atoms with Crippen LogP contribution in [0.1, 0.15) is 17.6 Å². The molecule has 1 aromatic heterocycles. The summed E-state index contributed by atoms with van der Waals surface area (Å²) in [4.78, 5) is 48.6. The molecule has 16 heteroatoms. The van der Waals surface area contributed by atoms with Gasteiger partial charge in [0.1, 0.15) is 11.4 Å². The van der Waals surface area contributed by atoms with Crippen LogP contribution in [0.3, 0.4) is 0 Å². The number of fused-ring (bicyclic) bond motifs is 1. The number of nitrogens with one attached hydrogen (secondary N) is 1. The molecule has 2 amide bonds. The predicted molar refractivity (Wildman–Crippen MR) is 112 cm³/mol. The molecule has 36 heavy (non-hydrogen) atoms. The first-order valence-electron chi connectivity index (χ1n) is 9.82. The Balaban J connectivity index is 0.00000228. The van der Waals surface area contributed by atoms with E-state index in [1.165, 1.54) is 11.8 Å². The van der Waals surface area contributed by atoms with Crippen LogP contribution in [0.2, 0.25) is 0 Å². The Hall–Kier alpha value is -1.36. The summed E-state index contributed by atoms with van der Waals surface area (Å²) in [7, 11) is 0. The van der Waals surface area contributed by atoms with Gasteiger partial charge in [0.25, 0.3) is 17.0 Å². The number of aliphatic hydroxyl groups excluding tert-OH is 1. The van der Waals surface area contributed by atoms with E-state index in [4.69, 9.17) is 4.42 Å². The van der Waals surface area contributed by atoms with Gasteiger partial charge in [-0.2, -0.15) is 0 Å². The Morgan fingerprint density at radius 1 is 1.22 bits per heavy atom. The van der Waals surface area contributed by atoms with Crippen molar-refractivity contribution in [3.8, 4) is 0 Å². The van der Waals surface area contributed by atoms with Crippen molar-refractivity contribution < 1.29 is 98.0 Å². The third-order valence-electron chi connectivity index (χ3n) is 5.02. The number of rotatable bonds is 9. The molecule has 0 saturated carbocycles. The molecule has 0 spiro atoms. The molecule has 1 fully saturated rings. The van der Waals surface area contributed by atoms with Crippen molar-refractivity contribution in [3.63, 3.8) is 0 Å². The van der Waals surface area contributed by atoms with E-state index in [9.17, 15) is 34.5 Å². The normalized spacial score (nSPS) is 19.2. The fourth-order valence-electron chi connectivity index (χ4n) is 3.44. The number of benzene rings is 1. The van der Waals surface area contributed by atoms with E-state index in [-0.39, 0.29) is 87.4 Å². The maximum atomic E-state index is 12.7. The van der Waals surface area contributed by atoms with E-state index < -0.39 is 47.7 Å². The minimum absolute atomic E-state index is 0. The number of aliphatic carboxylic acids is 2. The number of hydrogen-bond donors (Lipinski definition) is 2. The SMILES string of the molecule is O=C([O-])Cc1nnc(SCC2=C(C(=O)[O-])N3C(=O)C(NC(=O)[C@H](O)c4ccccc4)[C@H]3SC2)o1.[Na+].[Na+]. The van der Waals surface area contributed by atoms with Crippen molar-refractivity contribution in [2.24, 2.45) is 0 Å². The van der Waals surface area contributed by atoms with E-state index in [0.29, 0.717) is 11.1 Å². The van der Waals surface area contributed by atoms with Crippen LogP contribution >= 0.6 is 23.5 Å². The molecular weight excluding hydrogens is 534 g/mol. The van der Waals surface area contributed by atoms with Gasteiger partial charge in [-0.25, -0.2) is 0 Å². The zero-order chi connectivity index (χ0) is 24.4. The molecule has 178 valence electrons. The molecule has 0 bridgehead atoms. The zero-order valence-corrected chi connectivity index (χ0v) is 24.8. The van der Waals surface area contributed by atoms with Gasteiger partial charge < -0.3 is 34.6 Å². The molecule has 1 unspecified atom stereocenters. The van der Waals surface area contributed by atoms with Crippen LogP contribution in [0.4, 0.5) is 0 Å². The second kappa shape index (κ2) is 13.4. The quantitative estimate of drug-likeness (QED) is 0.171. The Bertz CT molecular complexity index is 1180. The standard InChI is InChI=1S/C20H18N4O8S2.2Na/c25-12(26)6-11-22-23-20(32-11)34-8-10-7-33-18-13(17(29)24(18)14(10)19(30)31)21-16(28)15(27)9-4-2-1-3-5-9;;/h1-5,13,15,18,27H,6-8H2,(H,21,28)(H,25,26)(H,30,31);;/q;2*+1/p-2/t13?,15-,18-;;/m1../s1. The summed E-state index contributed by atoms with van der Waals surface area (Å²) in [6.45, 7) is 0. The van der Waals surface area contributed by atoms with Crippen LogP contribution < -0.4 is 74.6 Å². The number of carbonyl (C=O) groups excluding carboxylic acids is 4. The molecule has 2 aliphatic rings. The first kappa shape index (κ1) is 30.9. The third-order valence-corrected chi connectivity index (χ3v) is 7.26. The van der Waals surface area contributed by atoms with Crippen molar-refractivity contribution in [1.29, 1.82) is 0 Å². The van der Waals surface area contributed by atoms with Gasteiger partial charge in [0.15, 0.2) is 6.10 Å². The number of β-lactam (4-membered cyclic amide) rings is 1. The van der Waals surface area contributed by atoms with Gasteiger partial charge in [-0.3, -0.25) is 14.5 Å². The predicted octanol–water partition coefficient (Wildman–Crippen LogP) is -8.40. The molecule has 0 aliphatic carbocycles. The van der Waals surface area contributed by atoms with Crippen molar-refractivity contribution in [2.75, 3.05) is 11.5 Å². The number of nitrogens with zero attached hydrogens (tertiary/aromatic N) is 3. The zero-order valence-electron chi connectivity index (χ0n) is 19.2.